The number of fused-ring (bicyclic) bond motifs is 1. The largest absolute Gasteiger partial charge is 0.335 e. The summed E-state index contributed by atoms with van der Waals surface area (Å²) in [7, 11) is 1.67. The van der Waals surface area contributed by atoms with Crippen LogP contribution in [-0.2, 0) is 6.54 Å². The standard InChI is InChI=1S/C15H18FN7O/c1-10-17-4-7-23(10)6-3-5-22(2)15(24)18-12-9-14-13(8-11(12)16)19-21-20-14/h4,7-9H,3,5-6H2,1-2H3,(H,18,24)(H,19,20,21). The molecule has 3 rings (SSSR count). The number of aromatic nitrogens is 5. The number of nitrogens with one attached hydrogen (secondary N) is 2. The van der Waals surface area contributed by atoms with Gasteiger partial charge in [0.25, 0.3) is 0 Å². The lowest BCUT2D eigenvalue weighted by atomic mass is 10.2. The van der Waals surface area contributed by atoms with Gasteiger partial charge in [0, 0.05) is 38.6 Å². The molecule has 2 aromatic heterocycles. The number of anilines is 1. The summed E-state index contributed by atoms with van der Waals surface area (Å²) in [4.78, 5) is 17.8. The number of carbonyl (C=O) groups is 1. The third kappa shape index (κ3) is 3.34. The Balaban J connectivity index is 1.57. The Morgan fingerprint density at radius 2 is 2.12 bits per heavy atom. The average molecular weight is 331 g/mol. The van der Waals surface area contributed by atoms with Crippen LogP contribution in [0.2, 0.25) is 0 Å². The number of benzene rings is 1. The van der Waals surface area contributed by atoms with E-state index in [9.17, 15) is 9.18 Å². The van der Waals surface area contributed by atoms with Gasteiger partial charge in [-0.1, -0.05) is 0 Å². The van der Waals surface area contributed by atoms with Crippen LogP contribution in [0, 0.1) is 12.7 Å². The summed E-state index contributed by atoms with van der Waals surface area (Å²) in [6, 6.07) is 2.31. The predicted molar refractivity (Wildman–Crippen MR) is 87.1 cm³/mol. The predicted octanol–water partition coefficient (Wildman–Crippen LogP) is 2.16. The topological polar surface area (TPSA) is 91.7 Å². The van der Waals surface area contributed by atoms with Crippen LogP contribution in [0.5, 0.6) is 0 Å². The summed E-state index contributed by atoms with van der Waals surface area (Å²) in [6.45, 7) is 3.24. The molecule has 0 bridgehead atoms. The Hall–Kier alpha value is -2.97. The first kappa shape index (κ1) is 15.9. The molecule has 0 atom stereocenters. The Morgan fingerprint density at radius 3 is 2.83 bits per heavy atom. The molecule has 2 N–H and O–H groups in total. The molecule has 0 aliphatic carbocycles. The number of nitrogens with zero attached hydrogens (tertiary/aromatic N) is 5. The fraction of sp³-hybridized carbons (Fsp3) is 0.333. The summed E-state index contributed by atoms with van der Waals surface area (Å²) in [5.41, 5.74) is 0.984. The minimum Gasteiger partial charge on any atom is -0.335 e. The maximum atomic E-state index is 14.0. The summed E-state index contributed by atoms with van der Waals surface area (Å²) in [5, 5.41) is 12.7. The van der Waals surface area contributed by atoms with Crippen LogP contribution >= 0.6 is 0 Å². The molecular weight excluding hydrogens is 313 g/mol. The van der Waals surface area contributed by atoms with Crippen molar-refractivity contribution in [3.8, 4) is 0 Å². The number of hydrogen-bond acceptors (Lipinski definition) is 4. The number of H-pyrrole nitrogens is 1. The second-order valence-corrected chi connectivity index (χ2v) is 5.52. The van der Waals surface area contributed by atoms with Crippen molar-refractivity contribution in [1.29, 1.82) is 0 Å². The van der Waals surface area contributed by atoms with Gasteiger partial charge in [-0.3, -0.25) is 0 Å². The number of urea groups is 1. The highest BCUT2D eigenvalue weighted by molar-refractivity contribution is 5.91. The first-order valence-electron chi connectivity index (χ1n) is 7.54. The molecule has 2 amide bonds. The number of hydrogen-bond donors (Lipinski definition) is 2. The third-order valence-corrected chi connectivity index (χ3v) is 3.81. The molecule has 0 saturated heterocycles. The van der Waals surface area contributed by atoms with E-state index in [1.807, 2.05) is 17.7 Å². The van der Waals surface area contributed by atoms with Crippen LogP contribution < -0.4 is 5.32 Å². The van der Waals surface area contributed by atoms with Crippen molar-refractivity contribution in [3.05, 3.63) is 36.2 Å². The molecule has 126 valence electrons. The van der Waals surface area contributed by atoms with Gasteiger partial charge in [-0.2, -0.15) is 15.4 Å². The van der Waals surface area contributed by atoms with Crippen molar-refractivity contribution in [2.75, 3.05) is 18.9 Å². The molecular formula is C15H18FN7O. The number of carbonyl (C=O) groups excluding carboxylic acids is 1. The second-order valence-electron chi connectivity index (χ2n) is 5.52. The first-order valence-corrected chi connectivity index (χ1v) is 7.54. The van der Waals surface area contributed by atoms with Crippen LogP contribution in [0.1, 0.15) is 12.2 Å². The molecule has 2 heterocycles. The molecule has 24 heavy (non-hydrogen) atoms. The van der Waals surface area contributed by atoms with Crippen LogP contribution in [0.4, 0.5) is 14.9 Å². The van der Waals surface area contributed by atoms with Crippen LogP contribution in [0.3, 0.4) is 0 Å². The SMILES string of the molecule is Cc1nccn1CCCN(C)C(=O)Nc1cc2n[nH]nc2cc1F. The molecule has 0 radical (unpaired) electrons. The van der Waals surface area contributed by atoms with Gasteiger partial charge >= 0.3 is 6.03 Å². The molecule has 1 aromatic carbocycles. The smallest absolute Gasteiger partial charge is 0.321 e. The quantitative estimate of drug-likeness (QED) is 0.749. The Labute approximate surface area is 137 Å². The Bertz CT molecular complexity index is 857. The summed E-state index contributed by atoms with van der Waals surface area (Å²) < 4.78 is 16.0. The van der Waals surface area contributed by atoms with Gasteiger partial charge in [0.1, 0.15) is 22.7 Å². The number of rotatable bonds is 5. The lowest BCUT2D eigenvalue weighted by molar-refractivity contribution is 0.221. The van der Waals surface area contributed by atoms with Gasteiger partial charge in [-0.25, -0.2) is 14.2 Å². The zero-order valence-electron chi connectivity index (χ0n) is 13.5. The minimum atomic E-state index is -0.549. The highest BCUT2D eigenvalue weighted by atomic mass is 19.1. The van der Waals surface area contributed by atoms with Crippen molar-refractivity contribution in [2.45, 2.75) is 19.9 Å². The van der Waals surface area contributed by atoms with Gasteiger partial charge in [-0.05, 0) is 19.4 Å². The van der Waals surface area contributed by atoms with Gasteiger partial charge in [-0.15, -0.1) is 0 Å². The highest BCUT2D eigenvalue weighted by Gasteiger charge is 2.13. The zero-order valence-corrected chi connectivity index (χ0v) is 13.5. The van der Waals surface area contributed by atoms with Crippen molar-refractivity contribution in [1.82, 2.24) is 29.9 Å². The molecule has 3 aromatic rings. The maximum Gasteiger partial charge on any atom is 0.321 e. The normalized spacial score (nSPS) is 11.0. The van der Waals surface area contributed by atoms with Gasteiger partial charge in [0.2, 0.25) is 0 Å². The minimum absolute atomic E-state index is 0.0821. The zero-order chi connectivity index (χ0) is 17.1. The summed E-state index contributed by atoms with van der Waals surface area (Å²) >= 11 is 0. The van der Waals surface area contributed by atoms with Crippen LogP contribution in [0.15, 0.2) is 24.5 Å². The van der Waals surface area contributed by atoms with Crippen LogP contribution in [-0.4, -0.2) is 49.5 Å². The molecule has 0 saturated carbocycles. The van der Waals surface area contributed by atoms with E-state index in [2.05, 4.69) is 25.7 Å². The average Bonchev–Trinajstić information content (AvgIpc) is 3.16. The molecule has 8 nitrogen and oxygen atoms in total. The fourth-order valence-electron chi connectivity index (χ4n) is 2.39. The number of halogens is 1. The van der Waals surface area contributed by atoms with E-state index >= 15 is 0 Å². The van der Waals surface area contributed by atoms with E-state index in [-0.39, 0.29) is 11.7 Å². The Kier molecular flexibility index (Phi) is 4.41. The summed E-state index contributed by atoms with van der Waals surface area (Å²) in [5.74, 6) is 0.386. The lowest BCUT2D eigenvalue weighted by Gasteiger charge is -2.18. The lowest BCUT2D eigenvalue weighted by Crippen LogP contribution is -2.32. The molecule has 0 unspecified atom stereocenters. The van der Waals surface area contributed by atoms with Crippen LogP contribution in [0.25, 0.3) is 11.0 Å². The van der Waals surface area contributed by atoms with Crippen molar-refractivity contribution in [3.63, 3.8) is 0 Å². The number of aromatic amines is 1. The van der Waals surface area contributed by atoms with Crippen molar-refractivity contribution >= 4 is 22.8 Å². The van der Waals surface area contributed by atoms with E-state index in [4.69, 9.17) is 0 Å². The molecule has 0 fully saturated rings. The summed E-state index contributed by atoms with van der Waals surface area (Å²) in [6.07, 6.45) is 4.42. The van der Waals surface area contributed by atoms with E-state index in [0.29, 0.717) is 17.6 Å². The fourth-order valence-corrected chi connectivity index (χ4v) is 2.39. The van der Waals surface area contributed by atoms with E-state index in [1.54, 1.807) is 13.2 Å². The number of imidazole rings is 1. The third-order valence-electron chi connectivity index (χ3n) is 3.81. The van der Waals surface area contributed by atoms with E-state index in [1.165, 1.54) is 17.0 Å². The molecule has 0 aliphatic rings. The molecule has 9 heteroatoms. The molecule has 0 spiro atoms. The van der Waals surface area contributed by atoms with Crippen molar-refractivity contribution < 1.29 is 9.18 Å². The number of amides is 2. The second kappa shape index (κ2) is 6.65. The maximum absolute atomic E-state index is 14.0. The number of aryl methyl sites for hydroxylation is 2. The van der Waals surface area contributed by atoms with Gasteiger partial charge in [0.15, 0.2) is 0 Å². The van der Waals surface area contributed by atoms with E-state index < -0.39 is 5.82 Å². The monoisotopic (exact) mass is 331 g/mol. The molecule has 0 aliphatic heterocycles. The Morgan fingerprint density at radius 1 is 1.38 bits per heavy atom. The first-order chi connectivity index (χ1) is 11.5. The van der Waals surface area contributed by atoms with Crippen molar-refractivity contribution in [2.24, 2.45) is 0 Å². The van der Waals surface area contributed by atoms with Gasteiger partial charge in [0.05, 0.1) is 5.69 Å². The van der Waals surface area contributed by atoms with Gasteiger partial charge < -0.3 is 14.8 Å². The highest BCUT2D eigenvalue weighted by Crippen LogP contribution is 2.20. The van der Waals surface area contributed by atoms with E-state index in [0.717, 1.165) is 18.8 Å².